The summed E-state index contributed by atoms with van der Waals surface area (Å²) < 4.78 is 31.1. The van der Waals surface area contributed by atoms with Crippen LogP contribution in [0.4, 0.5) is 0 Å². The molecule has 3 rings (SSSR count). The van der Waals surface area contributed by atoms with Crippen molar-refractivity contribution in [2.45, 2.75) is 19.4 Å². The molecule has 2 aromatic heterocycles. The first-order chi connectivity index (χ1) is 10.4. The first kappa shape index (κ1) is 15.4. The van der Waals surface area contributed by atoms with E-state index in [0.717, 1.165) is 17.7 Å². The first-order valence-corrected chi connectivity index (χ1v) is 9.73. The van der Waals surface area contributed by atoms with Gasteiger partial charge in [0.05, 0.1) is 11.1 Å². The summed E-state index contributed by atoms with van der Waals surface area (Å²) in [5.74, 6) is 0.0932. The monoisotopic (exact) mass is 343 g/mol. The van der Waals surface area contributed by atoms with Gasteiger partial charge in [0, 0.05) is 19.6 Å². The van der Waals surface area contributed by atoms with Gasteiger partial charge in [0.25, 0.3) is 0 Å². The molecule has 1 fully saturated rings. The van der Waals surface area contributed by atoms with E-state index in [0.29, 0.717) is 25.5 Å². The van der Waals surface area contributed by atoms with Crippen molar-refractivity contribution in [1.29, 1.82) is 0 Å². The molecule has 1 aliphatic rings. The molecule has 22 heavy (non-hydrogen) atoms. The van der Waals surface area contributed by atoms with Gasteiger partial charge in [-0.25, -0.2) is 17.5 Å². The molecule has 0 spiro atoms. The van der Waals surface area contributed by atoms with Gasteiger partial charge in [-0.05, 0) is 30.2 Å². The molecule has 0 amide bonds. The van der Waals surface area contributed by atoms with Crippen molar-refractivity contribution in [3.05, 3.63) is 28.1 Å². The highest BCUT2D eigenvalue weighted by molar-refractivity contribution is 7.88. The van der Waals surface area contributed by atoms with Crippen LogP contribution in [-0.4, -0.2) is 41.8 Å². The predicted molar refractivity (Wildman–Crippen MR) is 83.2 cm³/mol. The van der Waals surface area contributed by atoms with E-state index in [9.17, 15) is 13.2 Å². The fourth-order valence-corrected chi connectivity index (χ4v) is 4.40. The molecule has 9 heteroatoms. The van der Waals surface area contributed by atoms with E-state index in [4.69, 9.17) is 4.52 Å². The molecule has 0 aliphatic carbocycles. The van der Waals surface area contributed by atoms with E-state index >= 15 is 0 Å². The molecule has 2 aromatic rings. The van der Waals surface area contributed by atoms with Crippen LogP contribution < -0.4 is 5.76 Å². The minimum atomic E-state index is -3.19. The molecular weight excluding hydrogens is 326 g/mol. The largest absolute Gasteiger partial charge is 0.441 e. The molecule has 1 aliphatic heterocycles. The van der Waals surface area contributed by atoms with Crippen LogP contribution in [0.3, 0.4) is 0 Å². The van der Waals surface area contributed by atoms with Crippen molar-refractivity contribution in [3.8, 4) is 10.7 Å². The molecule has 1 atom stereocenters. The maximum Gasteiger partial charge on any atom is 0.441 e. The highest BCUT2D eigenvalue weighted by Crippen LogP contribution is 2.25. The van der Waals surface area contributed by atoms with Crippen LogP contribution in [-0.2, 0) is 16.6 Å². The Kier molecular flexibility index (Phi) is 4.20. The summed E-state index contributed by atoms with van der Waals surface area (Å²) in [6.45, 7) is 1.40. The molecule has 7 nitrogen and oxygen atoms in total. The molecule has 0 unspecified atom stereocenters. The van der Waals surface area contributed by atoms with Crippen molar-refractivity contribution < 1.29 is 12.9 Å². The Balaban J connectivity index is 1.82. The van der Waals surface area contributed by atoms with E-state index in [2.05, 4.69) is 5.16 Å². The van der Waals surface area contributed by atoms with Gasteiger partial charge in [0.2, 0.25) is 10.0 Å². The Labute approximate surface area is 132 Å². The third-order valence-corrected chi connectivity index (χ3v) is 5.95. The van der Waals surface area contributed by atoms with Gasteiger partial charge in [0.1, 0.15) is 0 Å². The van der Waals surface area contributed by atoms with Crippen molar-refractivity contribution >= 4 is 21.4 Å². The number of sulfonamides is 1. The smallest absolute Gasteiger partial charge is 0.295 e. The summed E-state index contributed by atoms with van der Waals surface area (Å²) in [5, 5.41) is 5.75. The van der Waals surface area contributed by atoms with Crippen LogP contribution in [0.25, 0.3) is 10.7 Å². The number of hydrogen-bond acceptors (Lipinski definition) is 6. The van der Waals surface area contributed by atoms with Crippen LogP contribution in [0.15, 0.2) is 26.8 Å². The molecule has 0 saturated carbocycles. The predicted octanol–water partition coefficient (Wildman–Crippen LogP) is 1.24. The van der Waals surface area contributed by atoms with Gasteiger partial charge >= 0.3 is 5.76 Å². The molecule has 3 heterocycles. The number of aromatic nitrogens is 2. The summed E-state index contributed by atoms with van der Waals surface area (Å²) in [6, 6.07) is 3.76. The average Bonchev–Trinajstić information content (AvgIpc) is 3.09. The number of nitrogens with zero attached hydrogens (tertiary/aromatic N) is 3. The van der Waals surface area contributed by atoms with Gasteiger partial charge < -0.3 is 0 Å². The molecule has 120 valence electrons. The second kappa shape index (κ2) is 5.98. The molecular formula is C13H17N3O4S2. The summed E-state index contributed by atoms with van der Waals surface area (Å²) >= 11 is 1.48. The number of thiophene rings is 1. The second-order valence-electron chi connectivity index (χ2n) is 5.49. The summed E-state index contributed by atoms with van der Waals surface area (Å²) in [5.41, 5.74) is 0. The fourth-order valence-electron chi connectivity index (χ4n) is 2.75. The third kappa shape index (κ3) is 3.16. The van der Waals surface area contributed by atoms with E-state index < -0.39 is 15.8 Å². The molecule has 1 saturated heterocycles. The van der Waals surface area contributed by atoms with Crippen LogP contribution >= 0.6 is 11.3 Å². The van der Waals surface area contributed by atoms with Crippen molar-refractivity contribution in [3.63, 3.8) is 0 Å². The Bertz CT molecular complexity index is 792. The first-order valence-electron chi connectivity index (χ1n) is 7.00. The maximum absolute atomic E-state index is 11.9. The van der Waals surface area contributed by atoms with Crippen LogP contribution in [0, 0.1) is 5.92 Å². The minimum absolute atomic E-state index is 0.0827. The normalized spacial score (nSPS) is 20.3. The molecule has 0 aromatic carbocycles. The highest BCUT2D eigenvalue weighted by atomic mass is 32.2. The maximum atomic E-state index is 11.9. The standard InChI is InChI=1S/C13H17N3O4S2/c1-22(18,19)15-6-2-4-10(8-15)9-16-12(14-20-13(16)17)11-5-3-7-21-11/h3,5,7,10H,2,4,6,8-9H2,1H3/t10-/m1/s1. The number of hydrogen-bond donors (Lipinski definition) is 0. The summed E-state index contributed by atoms with van der Waals surface area (Å²) in [4.78, 5) is 12.8. The summed E-state index contributed by atoms with van der Waals surface area (Å²) in [6.07, 6.45) is 2.90. The number of rotatable bonds is 4. The Hall–Kier alpha value is -1.45. The Morgan fingerprint density at radius 2 is 2.32 bits per heavy atom. The summed E-state index contributed by atoms with van der Waals surface area (Å²) in [7, 11) is -3.19. The molecule has 0 bridgehead atoms. The van der Waals surface area contributed by atoms with Crippen LogP contribution in [0.1, 0.15) is 12.8 Å². The fraction of sp³-hybridized carbons (Fsp3) is 0.538. The molecule has 0 N–H and O–H groups in total. The van der Waals surface area contributed by atoms with Gasteiger partial charge in [-0.3, -0.25) is 9.09 Å². The van der Waals surface area contributed by atoms with Gasteiger partial charge in [0.15, 0.2) is 5.82 Å². The van der Waals surface area contributed by atoms with E-state index in [1.54, 1.807) is 0 Å². The number of piperidine rings is 1. The lowest BCUT2D eigenvalue weighted by molar-refractivity contribution is 0.242. The highest BCUT2D eigenvalue weighted by Gasteiger charge is 2.27. The Morgan fingerprint density at radius 3 is 3.00 bits per heavy atom. The Morgan fingerprint density at radius 1 is 1.50 bits per heavy atom. The minimum Gasteiger partial charge on any atom is -0.295 e. The quantitative estimate of drug-likeness (QED) is 0.834. The van der Waals surface area contributed by atoms with Crippen molar-refractivity contribution in [2.75, 3.05) is 19.3 Å². The molecule has 0 radical (unpaired) electrons. The van der Waals surface area contributed by atoms with Gasteiger partial charge in [-0.15, -0.1) is 11.3 Å². The van der Waals surface area contributed by atoms with Crippen LogP contribution in [0.5, 0.6) is 0 Å². The van der Waals surface area contributed by atoms with E-state index in [1.165, 1.54) is 26.5 Å². The van der Waals surface area contributed by atoms with Gasteiger partial charge in [-0.1, -0.05) is 11.2 Å². The van der Waals surface area contributed by atoms with Crippen molar-refractivity contribution in [1.82, 2.24) is 14.0 Å². The lowest BCUT2D eigenvalue weighted by Gasteiger charge is -2.30. The zero-order chi connectivity index (χ0) is 15.7. The lowest BCUT2D eigenvalue weighted by Crippen LogP contribution is -2.41. The zero-order valence-corrected chi connectivity index (χ0v) is 13.8. The topological polar surface area (TPSA) is 85.4 Å². The zero-order valence-electron chi connectivity index (χ0n) is 12.1. The third-order valence-electron chi connectivity index (χ3n) is 3.82. The average molecular weight is 343 g/mol. The lowest BCUT2D eigenvalue weighted by atomic mass is 9.99. The SMILES string of the molecule is CS(=O)(=O)N1CCC[C@@H](Cn2c(-c3cccs3)noc2=O)C1. The van der Waals surface area contributed by atoms with E-state index in [-0.39, 0.29) is 5.92 Å². The van der Waals surface area contributed by atoms with Crippen molar-refractivity contribution in [2.24, 2.45) is 5.92 Å². The second-order valence-corrected chi connectivity index (χ2v) is 8.42. The van der Waals surface area contributed by atoms with Crippen LogP contribution in [0.2, 0.25) is 0 Å². The van der Waals surface area contributed by atoms with Gasteiger partial charge in [-0.2, -0.15) is 0 Å². The van der Waals surface area contributed by atoms with E-state index in [1.807, 2.05) is 17.5 Å².